The van der Waals surface area contributed by atoms with Crippen LogP contribution in [0.25, 0.3) is 0 Å². The molecule has 0 saturated carbocycles. The number of hydrogen-bond donors (Lipinski definition) is 0. The molecule has 0 bridgehead atoms. The summed E-state index contributed by atoms with van der Waals surface area (Å²) in [5.41, 5.74) is 1.05. The van der Waals surface area contributed by atoms with Gasteiger partial charge in [-0.05, 0) is 33.1 Å². The maximum Gasteiger partial charge on any atom is 0.129 e. The summed E-state index contributed by atoms with van der Waals surface area (Å²) >= 11 is 1.74. The van der Waals surface area contributed by atoms with Gasteiger partial charge in [0.1, 0.15) is 6.29 Å². The summed E-state index contributed by atoms with van der Waals surface area (Å²) in [6, 6.07) is 0. The van der Waals surface area contributed by atoms with E-state index in [0.29, 0.717) is 0 Å². The van der Waals surface area contributed by atoms with E-state index in [0.717, 1.165) is 42.9 Å². The Morgan fingerprint density at radius 1 is 1.62 bits per heavy atom. The summed E-state index contributed by atoms with van der Waals surface area (Å²) in [5.74, 6) is 0.0821. The molecule has 1 heterocycles. The Bertz CT molecular complexity index is 334. The fraction of sp³-hybridized carbons (Fsp3) is 0.667. The smallest absolute Gasteiger partial charge is 0.129 e. The summed E-state index contributed by atoms with van der Waals surface area (Å²) in [7, 11) is 1.68. The third-order valence-electron chi connectivity index (χ3n) is 2.56. The molecule has 1 aliphatic carbocycles. The number of carbonyl (C=O) groups excluding carboxylic acids is 1. The minimum atomic E-state index is 0.0821. The number of aromatic nitrogens is 1. The Morgan fingerprint density at radius 3 is 2.88 bits per heavy atom. The maximum absolute atomic E-state index is 10.7. The number of rotatable bonds is 2. The molecular weight excluding hydrogens is 222 g/mol. The van der Waals surface area contributed by atoms with Crippen LogP contribution in [-0.4, -0.2) is 25.0 Å². The number of fused-ring (bicyclic) bond motifs is 1. The molecular formula is C12H19NO2S. The van der Waals surface area contributed by atoms with Gasteiger partial charge in [-0.2, -0.15) is 0 Å². The lowest BCUT2D eigenvalue weighted by molar-refractivity contribution is -0.109. The van der Waals surface area contributed by atoms with Crippen LogP contribution in [0.4, 0.5) is 0 Å². The van der Waals surface area contributed by atoms with E-state index in [-0.39, 0.29) is 5.92 Å². The third kappa shape index (κ3) is 3.39. The van der Waals surface area contributed by atoms with Gasteiger partial charge in [-0.1, -0.05) is 0 Å². The summed E-state index contributed by atoms with van der Waals surface area (Å²) in [6.07, 6.45) is 4.28. The number of aldehydes is 1. The number of thiazole rings is 1. The monoisotopic (exact) mass is 241 g/mol. The maximum atomic E-state index is 10.7. The molecule has 1 aromatic heterocycles. The molecule has 1 aliphatic rings. The van der Waals surface area contributed by atoms with Crippen molar-refractivity contribution in [1.29, 1.82) is 0 Å². The molecule has 0 N–H and O–H groups in total. The zero-order valence-electron chi connectivity index (χ0n) is 10.2. The fourth-order valence-electron chi connectivity index (χ4n) is 1.71. The molecule has 1 unspecified atom stereocenters. The number of methoxy groups -OCH3 is 1. The van der Waals surface area contributed by atoms with Gasteiger partial charge < -0.3 is 9.53 Å². The largest absolute Gasteiger partial charge is 0.385 e. The van der Waals surface area contributed by atoms with E-state index >= 15 is 0 Å². The fourth-order valence-corrected chi connectivity index (χ4v) is 2.75. The highest BCUT2D eigenvalue weighted by Crippen LogP contribution is 2.33. The molecule has 0 fully saturated rings. The first-order chi connectivity index (χ1) is 7.72. The van der Waals surface area contributed by atoms with Gasteiger partial charge in [-0.15, -0.1) is 11.3 Å². The molecule has 0 aromatic carbocycles. The highest BCUT2D eigenvalue weighted by atomic mass is 32.1. The van der Waals surface area contributed by atoms with Crippen LogP contribution in [0.5, 0.6) is 0 Å². The second-order valence-electron chi connectivity index (χ2n) is 3.75. The molecule has 0 spiro atoms. The predicted molar refractivity (Wildman–Crippen MR) is 66.1 cm³/mol. The molecule has 1 atom stereocenters. The average molecular weight is 241 g/mol. The van der Waals surface area contributed by atoms with Gasteiger partial charge in [-0.3, -0.25) is 0 Å². The first-order valence-electron chi connectivity index (χ1n) is 5.63. The summed E-state index contributed by atoms with van der Waals surface area (Å²) < 4.78 is 4.54. The second-order valence-corrected chi connectivity index (χ2v) is 5.04. The summed E-state index contributed by atoms with van der Waals surface area (Å²) in [6.45, 7) is 4.78. The molecule has 2 rings (SSSR count). The van der Waals surface area contributed by atoms with Gasteiger partial charge in [0, 0.05) is 18.6 Å². The number of carbonyl (C=O) groups is 1. The molecule has 3 nitrogen and oxygen atoms in total. The lowest BCUT2D eigenvalue weighted by atomic mass is 9.92. The van der Waals surface area contributed by atoms with E-state index in [9.17, 15) is 4.79 Å². The van der Waals surface area contributed by atoms with Crippen LogP contribution in [0.15, 0.2) is 0 Å². The van der Waals surface area contributed by atoms with E-state index < -0.39 is 0 Å². The van der Waals surface area contributed by atoms with Crippen molar-refractivity contribution in [3.63, 3.8) is 0 Å². The second kappa shape index (κ2) is 6.76. The first kappa shape index (κ1) is 13.3. The van der Waals surface area contributed by atoms with E-state index in [2.05, 4.69) is 9.72 Å². The molecule has 0 amide bonds. The van der Waals surface area contributed by atoms with Gasteiger partial charge >= 0.3 is 0 Å². The SMILES string of the molecule is CCOC.Cc1nc2c(s1)CCCC2C=O. The lowest BCUT2D eigenvalue weighted by Gasteiger charge is -2.14. The van der Waals surface area contributed by atoms with Crippen molar-refractivity contribution in [1.82, 2.24) is 4.98 Å². The molecule has 0 aliphatic heterocycles. The highest BCUT2D eigenvalue weighted by molar-refractivity contribution is 7.11. The van der Waals surface area contributed by atoms with Crippen molar-refractivity contribution < 1.29 is 9.53 Å². The van der Waals surface area contributed by atoms with Crippen LogP contribution >= 0.6 is 11.3 Å². The van der Waals surface area contributed by atoms with Crippen LogP contribution in [-0.2, 0) is 16.0 Å². The molecule has 1 aromatic rings. The van der Waals surface area contributed by atoms with Crippen molar-refractivity contribution in [2.75, 3.05) is 13.7 Å². The number of ether oxygens (including phenoxy) is 1. The van der Waals surface area contributed by atoms with Crippen LogP contribution in [0.3, 0.4) is 0 Å². The number of aryl methyl sites for hydroxylation is 2. The Kier molecular flexibility index (Phi) is 5.63. The molecule has 4 heteroatoms. The van der Waals surface area contributed by atoms with E-state index in [1.807, 2.05) is 13.8 Å². The summed E-state index contributed by atoms with van der Waals surface area (Å²) in [5, 5.41) is 1.09. The first-order valence-corrected chi connectivity index (χ1v) is 6.45. The van der Waals surface area contributed by atoms with Crippen molar-refractivity contribution >= 4 is 17.6 Å². The topological polar surface area (TPSA) is 39.2 Å². The molecule has 0 saturated heterocycles. The third-order valence-corrected chi connectivity index (χ3v) is 3.60. The molecule has 90 valence electrons. The molecule has 0 radical (unpaired) electrons. The van der Waals surface area contributed by atoms with Gasteiger partial charge in [-0.25, -0.2) is 4.98 Å². The average Bonchev–Trinajstić information content (AvgIpc) is 2.69. The van der Waals surface area contributed by atoms with Crippen molar-refractivity contribution in [2.45, 2.75) is 39.0 Å². The Hall–Kier alpha value is -0.740. The van der Waals surface area contributed by atoms with E-state index in [1.165, 1.54) is 4.88 Å². The van der Waals surface area contributed by atoms with Gasteiger partial charge in [0.25, 0.3) is 0 Å². The van der Waals surface area contributed by atoms with E-state index in [4.69, 9.17) is 0 Å². The predicted octanol–water partition coefficient (Wildman–Crippen LogP) is 2.72. The van der Waals surface area contributed by atoms with Crippen LogP contribution in [0.1, 0.15) is 41.3 Å². The standard InChI is InChI=1S/C9H11NOS.C3H8O/c1-6-10-9-7(5-11)3-2-4-8(9)12-6;1-3-4-2/h5,7H,2-4H2,1H3;3H2,1-2H3. The normalized spacial score (nSPS) is 18.3. The van der Waals surface area contributed by atoms with Crippen LogP contribution < -0.4 is 0 Å². The Balaban J connectivity index is 0.000000280. The van der Waals surface area contributed by atoms with Crippen LogP contribution in [0, 0.1) is 6.92 Å². The number of hydrogen-bond acceptors (Lipinski definition) is 4. The highest BCUT2D eigenvalue weighted by Gasteiger charge is 2.22. The van der Waals surface area contributed by atoms with Crippen molar-refractivity contribution in [3.05, 3.63) is 15.6 Å². The van der Waals surface area contributed by atoms with Crippen molar-refractivity contribution in [2.24, 2.45) is 0 Å². The van der Waals surface area contributed by atoms with Gasteiger partial charge in [0.15, 0.2) is 0 Å². The lowest BCUT2D eigenvalue weighted by Crippen LogP contribution is -2.09. The minimum Gasteiger partial charge on any atom is -0.385 e. The van der Waals surface area contributed by atoms with Gasteiger partial charge in [0.05, 0.1) is 16.6 Å². The Labute approximate surface area is 101 Å². The zero-order valence-corrected chi connectivity index (χ0v) is 11.0. The minimum absolute atomic E-state index is 0.0821. The van der Waals surface area contributed by atoms with E-state index in [1.54, 1.807) is 18.4 Å². The Morgan fingerprint density at radius 2 is 2.31 bits per heavy atom. The summed E-state index contributed by atoms with van der Waals surface area (Å²) in [4.78, 5) is 16.4. The van der Waals surface area contributed by atoms with Crippen LogP contribution in [0.2, 0.25) is 0 Å². The quantitative estimate of drug-likeness (QED) is 0.747. The zero-order chi connectivity index (χ0) is 12.0. The van der Waals surface area contributed by atoms with Gasteiger partial charge in [0.2, 0.25) is 0 Å². The van der Waals surface area contributed by atoms with Crippen molar-refractivity contribution in [3.8, 4) is 0 Å². The molecule has 16 heavy (non-hydrogen) atoms. The number of nitrogens with zero attached hydrogens (tertiary/aromatic N) is 1.